The molecule has 0 atom stereocenters. The van der Waals surface area contributed by atoms with E-state index in [1.54, 1.807) is 72.8 Å². The van der Waals surface area contributed by atoms with Crippen molar-refractivity contribution in [2.75, 3.05) is 17.1 Å². The highest BCUT2D eigenvalue weighted by molar-refractivity contribution is 7.92. The van der Waals surface area contributed by atoms with E-state index >= 15 is 4.39 Å². The Kier molecular flexibility index (Phi) is 9.19. The molecule has 0 bridgehead atoms. The third-order valence-electron chi connectivity index (χ3n) is 6.87. The molecule has 5 rings (SSSR count). The standard InChI is InChI=1S/C34H27FN2O8S/c1-44-31-17-16-28(19-29(31)34(40)41)46(42,43)37-30-7-2-4-24(32(30)35)20-45-27-6-3-5-25(18-27)36-33(39)23-10-8-21(9-11-23)22-12-14-26(38)15-13-22/h2-19,37-38H,20H2,1H3,(H,36,39)(H,40,41). The van der Waals surface area contributed by atoms with Crippen LogP contribution in [-0.4, -0.2) is 37.6 Å². The van der Waals surface area contributed by atoms with E-state index in [2.05, 4.69) is 10.0 Å². The van der Waals surface area contributed by atoms with Gasteiger partial charge in [0.25, 0.3) is 15.9 Å². The van der Waals surface area contributed by atoms with Crippen molar-refractivity contribution < 1.29 is 42.1 Å². The van der Waals surface area contributed by atoms with Crippen molar-refractivity contribution in [1.29, 1.82) is 0 Å². The van der Waals surface area contributed by atoms with Gasteiger partial charge < -0.3 is 25.0 Å². The lowest BCUT2D eigenvalue weighted by Gasteiger charge is -2.14. The zero-order valence-corrected chi connectivity index (χ0v) is 25.0. The summed E-state index contributed by atoms with van der Waals surface area (Å²) in [7, 11) is -3.10. The van der Waals surface area contributed by atoms with Gasteiger partial charge in [0.05, 0.1) is 17.7 Å². The molecule has 12 heteroatoms. The average molecular weight is 643 g/mol. The van der Waals surface area contributed by atoms with Crippen molar-refractivity contribution in [1.82, 2.24) is 0 Å². The predicted octanol–water partition coefficient (Wildman–Crippen LogP) is 6.54. The molecule has 0 aromatic heterocycles. The highest BCUT2D eigenvalue weighted by Gasteiger charge is 2.22. The van der Waals surface area contributed by atoms with Crippen LogP contribution in [0.5, 0.6) is 17.2 Å². The van der Waals surface area contributed by atoms with Crippen LogP contribution < -0.4 is 19.5 Å². The Bertz CT molecular complexity index is 2010. The summed E-state index contributed by atoms with van der Waals surface area (Å²) < 4.78 is 54.1. The van der Waals surface area contributed by atoms with Gasteiger partial charge in [0.1, 0.15) is 29.4 Å². The molecule has 1 amide bonds. The summed E-state index contributed by atoms with van der Waals surface area (Å²) in [4.78, 5) is 24.0. The van der Waals surface area contributed by atoms with Crippen molar-refractivity contribution in [3.8, 4) is 28.4 Å². The number of carbonyl (C=O) groups is 2. The van der Waals surface area contributed by atoms with E-state index in [-0.39, 0.29) is 45.7 Å². The number of anilines is 2. The maximum Gasteiger partial charge on any atom is 0.339 e. The van der Waals surface area contributed by atoms with E-state index in [9.17, 15) is 28.2 Å². The topological polar surface area (TPSA) is 151 Å². The van der Waals surface area contributed by atoms with E-state index in [4.69, 9.17) is 9.47 Å². The number of carboxylic acid groups (broad SMARTS) is 1. The van der Waals surface area contributed by atoms with Gasteiger partial charge in [0, 0.05) is 22.9 Å². The number of ether oxygens (including phenoxy) is 2. The molecule has 10 nitrogen and oxygen atoms in total. The molecule has 0 heterocycles. The summed E-state index contributed by atoms with van der Waals surface area (Å²) in [6, 6.07) is 27.6. The highest BCUT2D eigenvalue weighted by Crippen LogP contribution is 2.28. The van der Waals surface area contributed by atoms with Crippen LogP contribution in [0.2, 0.25) is 0 Å². The molecular formula is C34H27FN2O8S. The van der Waals surface area contributed by atoms with Crippen molar-refractivity contribution in [2.45, 2.75) is 11.5 Å². The number of sulfonamides is 1. The second-order valence-corrected chi connectivity index (χ2v) is 11.6. The first-order valence-corrected chi connectivity index (χ1v) is 15.2. The zero-order valence-electron chi connectivity index (χ0n) is 24.2. The van der Waals surface area contributed by atoms with Crippen LogP contribution in [-0.2, 0) is 16.6 Å². The van der Waals surface area contributed by atoms with Gasteiger partial charge >= 0.3 is 5.97 Å². The molecular weight excluding hydrogens is 615 g/mol. The smallest absolute Gasteiger partial charge is 0.339 e. The Balaban J connectivity index is 1.24. The first-order chi connectivity index (χ1) is 22.0. The summed E-state index contributed by atoms with van der Waals surface area (Å²) in [5, 5.41) is 21.7. The quantitative estimate of drug-likeness (QED) is 0.127. The second kappa shape index (κ2) is 13.4. The minimum absolute atomic E-state index is 0.0268. The summed E-state index contributed by atoms with van der Waals surface area (Å²) in [5.74, 6) is -2.15. The Labute approximate surface area is 263 Å². The van der Waals surface area contributed by atoms with Gasteiger partial charge in [-0.2, -0.15) is 0 Å². The van der Waals surface area contributed by atoms with Crippen molar-refractivity contribution in [2.24, 2.45) is 0 Å². The van der Waals surface area contributed by atoms with Crippen LogP contribution in [0.1, 0.15) is 26.3 Å². The molecule has 5 aromatic carbocycles. The first kappa shape index (κ1) is 31.5. The van der Waals surface area contributed by atoms with Crippen molar-refractivity contribution in [3.63, 3.8) is 0 Å². The largest absolute Gasteiger partial charge is 0.508 e. The van der Waals surface area contributed by atoms with Gasteiger partial charge in [-0.1, -0.05) is 42.5 Å². The maximum absolute atomic E-state index is 15.4. The third kappa shape index (κ3) is 7.25. The lowest BCUT2D eigenvalue weighted by atomic mass is 10.0. The van der Waals surface area contributed by atoms with Gasteiger partial charge in [-0.15, -0.1) is 0 Å². The van der Waals surface area contributed by atoms with Gasteiger partial charge in [-0.3, -0.25) is 9.52 Å². The number of carboxylic acids is 1. The number of carbonyl (C=O) groups excluding carboxylic acids is 1. The Hall–Kier alpha value is -5.88. The Morgan fingerprint density at radius 1 is 0.848 bits per heavy atom. The van der Waals surface area contributed by atoms with E-state index in [0.29, 0.717) is 17.0 Å². The molecule has 46 heavy (non-hydrogen) atoms. The molecule has 0 saturated carbocycles. The summed E-state index contributed by atoms with van der Waals surface area (Å²) >= 11 is 0. The summed E-state index contributed by atoms with van der Waals surface area (Å²) in [5.41, 5.74) is 1.95. The van der Waals surface area contributed by atoms with Crippen molar-refractivity contribution in [3.05, 3.63) is 132 Å². The molecule has 0 aliphatic heterocycles. The van der Waals surface area contributed by atoms with Crippen LogP contribution >= 0.6 is 0 Å². The molecule has 4 N–H and O–H groups in total. The van der Waals surface area contributed by atoms with Crippen LogP contribution in [0.4, 0.5) is 15.8 Å². The highest BCUT2D eigenvalue weighted by atomic mass is 32.2. The van der Waals surface area contributed by atoms with Crippen LogP contribution in [0.25, 0.3) is 11.1 Å². The fourth-order valence-electron chi connectivity index (χ4n) is 4.49. The number of rotatable bonds is 11. The number of methoxy groups -OCH3 is 1. The molecule has 0 spiro atoms. The van der Waals surface area contributed by atoms with Gasteiger partial charge in [0.2, 0.25) is 0 Å². The Morgan fingerprint density at radius 2 is 1.52 bits per heavy atom. The van der Waals surface area contributed by atoms with E-state index in [1.807, 2.05) is 0 Å². The first-order valence-electron chi connectivity index (χ1n) is 13.7. The molecule has 5 aromatic rings. The average Bonchev–Trinajstić information content (AvgIpc) is 3.05. The number of aromatic hydroxyl groups is 1. The molecule has 234 valence electrons. The monoisotopic (exact) mass is 642 g/mol. The van der Waals surface area contributed by atoms with E-state index in [0.717, 1.165) is 23.3 Å². The number of nitrogens with one attached hydrogen (secondary N) is 2. The summed E-state index contributed by atoms with van der Waals surface area (Å²) in [6.45, 7) is -0.261. The molecule has 0 aliphatic carbocycles. The fraction of sp³-hybridized carbons (Fsp3) is 0.0588. The maximum atomic E-state index is 15.4. The van der Waals surface area contributed by atoms with Gasteiger partial charge in [-0.25, -0.2) is 17.6 Å². The number of halogens is 1. The number of benzene rings is 5. The Morgan fingerprint density at radius 3 is 2.20 bits per heavy atom. The third-order valence-corrected chi connectivity index (χ3v) is 8.23. The zero-order chi connectivity index (χ0) is 32.8. The lowest BCUT2D eigenvalue weighted by molar-refractivity contribution is 0.0692. The molecule has 0 radical (unpaired) electrons. The number of amides is 1. The number of hydrogen-bond donors (Lipinski definition) is 4. The van der Waals surface area contributed by atoms with E-state index in [1.165, 1.54) is 31.4 Å². The normalized spacial score (nSPS) is 11.0. The number of aromatic carboxylic acids is 1. The molecule has 0 saturated heterocycles. The number of phenols is 1. The van der Waals surface area contributed by atoms with Gasteiger partial charge in [-0.05, 0) is 71.8 Å². The molecule has 0 fully saturated rings. The van der Waals surface area contributed by atoms with Crippen LogP contribution in [0.3, 0.4) is 0 Å². The van der Waals surface area contributed by atoms with E-state index < -0.39 is 21.8 Å². The van der Waals surface area contributed by atoms with Gasteiger partial charge in [0.15, 0.2) is 5.82 Å². The molecule has 0 unspecified atom stereocenters. The predicted molar refractivity (Wildman–Crippen MR) is 169 cm³/mol. The SMILES string of the molecule is COc1ccc(S(=O)(=O)Nc2cccc(COc3cccc(NC(=O)c4ccc(-c5ccc(O)cc5)cc4)c3)c2F)cc1C(=O)O. The minimum atomic E-state index is -4.36. The fourth-order valence-corrected chi connectivity index (χ4v) is 5.58. The van der Waals surface area contributed by atoms with Crippen LogP contribution in [0.15, 0.2) is 114 Å². The number of phenolic OH excluding ortho intramolecular Hbond substituents is 1. The second-order valence-electron chi connectivity index (χ2n) is 9.95. The summed E-state index contributed by atoms with van der Waals surface area (Å²) in [6.07, 6.45) is 0. The van der Waals surface area contributed by atoms with Crippen molar-refractivity contribution >= 4 is 33.3 Å². The van der Waals surface area contributed by atoms with Crippen LogP contribution in [0, 0.1) is 5.82 Å². The molecule has 0 aliphatic rings. The lowest BCUT2D eigenvalue weighted by Crippen LogP contribution is -2.16. The number of hydrogen-bond acceptors (Lipinski definition) is 7. The minimum Gasteiger partial charge on any atom is -0.508 e.